The predicted octanol–water partition coefficient (Wildman–Crippen LogP) is 5.29. The van der Waals surface area contributed by atoms with Gasteiger partial charge < -0.3 is 5.11 Å². The monoisotopic (exact) mass is 296 g/mol. The van der Waals surface area contributed by atoms with Crippen LogP contribution in [0.15, 0.2) is 12.2 Å². The number of unbranched alkanes of at least 4 members (excludes halogenated alkanes) is 10. The number of carboxylic acids is 1. The Morgan fingerprint density at radius 3 is 1.76 bits per heavy atom. The molecule has 3 nitrogen and oxygen atoms in total. The van der Waals surface area contributed by atoms with E-state index in [1.165, 1.54) is 57.8 Å². The van der Waals surface area contributed by atoms with Crippen molar-refractivity contribution < 1.29 is 14.7 Å². The molecule has 0 aromatic rings. The van der Waals surface area contributed by atoms with Crippen molar-refractivity contribution in [2.75, 3.05) is 0 Å². The first-order chi connectivity index (χ1) is 10.2. The van der Waals surface area contributed by atoms with Gasteiger partial charge in [-0.25, -0.2) is 4.79 Å². The molecular formula is C18H32O3. The standard InChI is InChI=1S/C18H32O3/c1-2-3-4-5-6-7-8-9-10-11-12-13-14-15-16-17(19)18(20)21/h12-13H,2-11,14-16H2,1H3,(H,20,21)/b13-12-. The Morgan fingerprint density at radius 1 is 0.762 bits per heavy atom. The van der Waals surface area contributed by atoms with Gasteiger partial charge in [0.15, 0.2) is 0 Å². The van der Waals surface area contributed by atoms with E-state index in [4.69, 9.17) is 5.11 Å². The van der Waals surface area contributed by atoms with E-state index in [2.05, 4.69) is 19.1 Å². The number of allylic oxidation sites excluding steroid dienone is 2. The fourth-order valence-corrected chi connectivity index (χ4v) is 2.30. The zero-order valence-electron chi connectivity index (χ0n) is 13.6. The summed E-state index contributed by atoms with van der Waals surface area (Å²) in [6, 6.07) is 0. The molecule has 21 heavy (non-hydrogen) atoms. The molecule has 0 fully saturated rings. The smallest absolute Gasteiger partial charge is 0.372 e. The predicted molar refractivity (Wildman–Crippen MR) is 87.5 cm³/mol. The normalized spacial score (nSPS) is 11.1. The lowest BCUT2D eigenvalue weighted by atomic mass is 10.1. The number of carboxylic acid groups (broad SMARTS) is 1. The van der Waals surface area contributed by atoms with Crippen LogP contribution in [-0.2, 0) is 9.59 Å². The molecule has 0 heterocycles. The Hall–Kier alpha value is -1.12. The van der Waals surface area contributed by atoms with Crippen LogP contribution in [0.2, 0.25) is 0 Å². The molecule has 3 heteroatoms. The Labute approximate surface area is 129 Å². The summed E-state index contributed by atoms with van der Waals surface area (Å²) in [6.07, 6.45) is 19.0. The van der Waals surface area contributed by atoms with Gasteiger partial charge in [-0.2, -0.15) is 0 Å². The minimum absolute atomic E-state index is 0.151. The molecule has 0 rings (SSSR count). The maximum Gasteiger partial charge on any atom is 0.372 e. The van der Waals surface area contributed by atoms with Crippen molar-refractivity contribution in [1.29, 1.82) is 0 Å². The summed E-state index contributed by atoms with van der Waals surface area (Å²) in [5, 5.41) is 8.42. The second-order valence-corrected chi connectivity index (χ2v) is 5.71. The summed E-state index contributed by atoms with van der Waals surface area (Å²) < 4.78 is 0. The minimum Gasteiger partial charge on any atom is -0.476 e. The molecular weight excluding hydrogens is 264 g/mol. The summed E-state index contributed by atoms with van der Waals surface area (Å²) in [5.74, 6) is -1.99. The number of hydrogen-bond acceptors (Lipinski definition) is 2. The van der Waals surface area contributed by atoms with Gasteiger partial charge in [0.2, 0.25) is 5.78 Å². The maximum atomic E-state index is 10.8. The van der Waals surface area contributed by atoms with E-state index in [9.17, 15) is 9.59 Å². The van der Waals surface area contributed by atoms with Crippen LogP contribution < -0.4 is 0 Å². The van der Waals surface area contributed by atoms with E-state index in [-0.39, 0.29) is 6.42 Å². The second-order valence-electron chi connectivity index (χ2n) is 5.71. The fourth-order valence-electron chi connectivity index (χ4n) is 2.30. The molecule has 0 aromatic heterocycles. The Balaban J connectivity index is 3.19. The molecule has 0 amide bonds. The van der Waals surface area contributed by atoms with Gasteiger partial charge >= 0.3 is 5.97 Å². The van der Waals surface area contributed by atoms with E-state index in [1.54, 1.807) is 0 Å². The molecule has 122 valence electrons. The maximum absolute atomic E-state index is 10.8. The Bertz CT molecular complexity index is 295. The highest BCUT2D eigenvalue weighted by Crippen LogP contribution is 2.10. The van der Waals surface area contributed by atoms with Gasteiger partial charge in [-0.15, -0.1) is 0 Å². The lowest BCUT2D eigenvalue weighted by Crippen LogP contribution is -2.11. The number of Topliss-reactive ketones (excluding diaryl/α,β-unsaturated/α-hetero) is 1. The van der Waals surface area contributed by atoms with Gasteiger partial charge in [0, 0.05) is 6.42 Å². The van der Waals surface area contributed by atoms with Crippen molar-refractivity contribution in [3.05, 3.63) is 12.2 Å². The highest BCUT2D eigenvalue weighted by Gasteiger charge is 2.08. The van der Waals surface area contributed by atoms with Crippen molar-refractivity contribution >= 4 is 11.8 Å². The lowest BCUT2D eigenvalue weighted by molar-refractivity contribution is -0.149. The van der Waals surface area contributed by atoms with Crippen LogP contribution in [0.4, 0.5) is 0 Å². The highest BCUT2D eigenvalue weighted by molar-refractivity contribution is 6.32. The first kappa shape index (κ1) is 19.9. The van der Waals surface area contributed by atoms with Crippen LogP contribution in [0.25, 0.3) is 0 Å². The van der Waals surface area contributed by atoms with Crippen LogP contribution in [0, 0.1) is 0 Å². The van der Waals surface area contributed by atoms with Crippen LogP contribution in [0.1, 0.15) is 90.4 Å². The molecule has 0 aliphatic carbocycles. The van der Waals surface area contributed by atoms with Crippen molar-refractivity contribution in [3.63, 3.8) is 0 Å². The van der Waals surface area contributed by atoms with Crippen molar-refractivity contribution in [2.24, 2.45) is 0 Å². The van der Waals surface area contributed by atoms with Gasteiger partial charge in [-0.1, -0.05) is 70.4 Å². The summed E-state index contributed by atoms with van der Waals surface area (Å²) in [7, 11) is 0. The summed E-state index contributed by atoms with van der Waals surface area (Å²) >= 11 is 0. The molecule has 0 saturated heterocycles. The van der Waals surface area contributed by atoms with Gasteiger partial charge in [0.1, 0.15) is 0 Å². The van der Waals surface area contributed by atoms with E-state index < -0.39 is 11.8 Å². The van der Waals surface area contributed by atoms with Crippen molar-refractivity contribution in [1.82, 2.24) is 0 Å². The SMILES string of the molecule is CCCCCCCCCCC/C=C\CCCC(=O)C(=O)O. The first-order valence-electron chi connectivity index (χ1n) is 8.59. The molecule has 0 aliphatic heterocycles. The van der Waals surface area contributed by atoms with Gasteiger partial charge in [-0.05, 0) is 25.7 Å². The van der Waals surface area contributed by atoms with E-state index in [0.717, 1.165) is 12.8 Å². The minimum atomic E-state index is -1.31. The van der Waals surface area contributed by atoms with Crippen LogP contribution >= 0.6 is 0 Å². The largest absolute Gasteiger partial charge is 0.476 e. The number of carbonyl (C=O) groups is 2. The van der Waals surface area contributed by atoms with Gasteiger partial charge in [-0.3, -0.25) is 4.79 Å². The number of carbonyl (C=O) groups excluding carboxylic acids is 1. The van der Waals surface area contributed by atoms with Crippen molar-refractivity contribution in [2.45, 2.75) is 90.4 Å². The summed E-state index contributed by atoms with van der Waals surface area (Å²) in [4.78, 5) is 21.1. The van der Waals surface area contributed by atoms with Gasteiger partial charge in [0.05, 0.1) is 0 Å². The van der Waals surface area contributed by atoms with E-state index >= 15 is 0 Å². The molecule has 0 spiro atoms. The third-order valence-corrected chi connectivity index (χ3v) is 3.65. The molecule has 0 radical (unpaired) electrons. The van der Waals surface area contributed by atoms with Crippen LogP contribution in [0.5, 0.6) is 0 Å². The lowest BCUT2D eigenvalue weighted by Gasteiger charge is -2.00. The zero-order valence-corrected chi connectivity index (χ0v) is 13.6. The van der Waals surface area contributed by atoms with Crippen molar-refractivity contribution in [3.8, 4) is 0 Å². The quantitative estimate of drug-likeness (QED) is 0.254. The number of rotatable bonds is 15. The topological polar surface area (TPSA) is 54.4 Å². The fraction of sp³-hybridized carbons (Fsp3) is 0.778. The number of hydrogen-bond donors (Lipinski definition) is 1. The molecule has 0 aliphatic rings. The molecule has 0 saturated carbocycles. The van der Waals surface area contributed by atoms with Crippen LogP contribution in [-0.4, -0.2) is 16.9 Å². The zero-order chi connectivity index (χ0) is 15.8. The summed E-state index contributed by atoms with van der Waals surface area (Å²) in [5.41, 5.74) is 0. The molecule has 0 atom stereocenters. The number of ketones is 1. The third kappa shape index (κ3) is 15.1. The van der Waals surface area contributed by atoms with E-state index in [0.29, 0.717) is 6.42 Å². The molecule has 0 unspecified atom stereocenters. The highest BCUT2D eigenvalue weighted by atomic mass is 16.4. The van der Waals surface area contributed by atoms with Crippen LogP contribution in [0.3, 0.4) is 0 Å². The molecule has 0 bridgehead atoms. The van der Waals surface area contributed by atoms with E-state index in [1.807, 2.05) is 0 Å². The average Bonchev–Trinajstić information content (AvgIpc) is 2.47. The Kier molecular flexibility index (Phi) is 14.5. The second kappa shape index (κ2) is 15.3. The number of aliphatic carboxylic acids is 1. The Morgan fingerprint density at radius 2 is 1.24 bits per heavy atom. The molecule has 0 aromatic carbocycles. The average molecular weight is 296 g/mol. The molecule has 1 N–H and O–H groups in total. The third-order valence-electron chi connectivity index (χ3n) is 3.65. The summed E-state index contributed by atoms with van der Waals surface area (Å²) in [6.45, 7) is 2.25. The van der Waals surface area contributed by atoms with Gasteiger partial charge in [0.25, 0.3) is 0 Å². The first-order valence-corrected chi connectivity index (χ1v) is 8.59.